The molecule has 0 fully saturated rings. The van der Waals surface area contributed by atoms with Gasteiger partial charge in [0.15, 0.2) is 0 Å². The summed E-state index contributed by atoms with van der Waals surface area (Å²) in [7, 11) is -1.26. The van der Waals surface area contributed by atoms with Crippen LogP contribution >= 0.6 is 0 Å². The number of hydrogen-bond acceptors (Lipinski definition) is 1. The molecule has 0 aromatic heterocycles. The Morgan fingerprint density at radius 3 is 2.00 bits per heavy atom. The van der Waals surface area contributed by atoms with Crippen LogP contribution in [0.2, 0.25) is 13.1 Å². The minimum Gasteiger partial charge on any atom is -0.306 e. The molecule has 1 nitrogen and oxygen atoms in total. The molecule has 0 unspecified atom stereocenters. The van der Waals surface area contributed by atoms with Crippen molar-refractivity contribution < 1.29 is 0 Å². The van der Waals surface area contributed by atoms with Crippen molar-refractivity contribution >= 4 is 13.3 Å². The Hall–Kier alpha value is -0.603. The summed E-state index contributed by atoms with van der Waals surface area (Å²) in [4.78, 5) is 2.54. The summed E-state index contributed by atoms with van der Waals surface area (Å²) in [5.74, 6) is 0. The summed E-state index contributed by atoms with van der Waals surface area (Å²) in [5.41, 5.74) is 0. The first-order chi connectivity index (χ1) is 7.10. The molecule has 15 heavy (non-hydrogen) atoms. The minimum atomic E-state index is -1.26. The van der Waals surface area contributed by atoms with Crippen LogP contribution in [0.15, 0.2) is 30.3 Å². The fourth-order valence-corrected chi connectivity index (χ4v) is 4.83. The van der Waals surface area contributed by atoms with Crippen LogP contribution < -0.4 is 5.19 Å². The van der Waals surface area contributed by atoms with Crippen LogP contribution in [0.25, 0.3) is 0 Å². The smallest absolute Gasteiger partial charge is 0.0948 e. The van der Waals surface area contributed by atoms with Crippen LogP contribution in [0.5, 0.6) is 0 Å². The van der Waals surface area contributed by atoms with Gasteiger partial charge in [-0.25, -0.2) is 0 Å². The van der Waals surface area contributed by atoms with Crippen LogP contribution in [0, 0.1) is 0 Å². The van der Waals surface area contributed by atoms with E-state index >= 15 is 0 Å². The second-order valence-corrected chi connectivity index (χ2v) is 9.37. The van der Waals surface area contributed by atoms with Crippen molar-refractivity contribution in [3.63, 3.8) is 0 Å². The van der Waals surface area contributed by atoms with Crippen molar-refractivity contribution in [1.29, 1.82) is 0 Å². The molecule has 0 saturated heterocycles. The predicted octanol–water partition coefficient (Wildman–Crippen LogP) is 2.48. The molecule has 0 saturated carbocycles. The average Bonchev–Trinajstić information content (AvgIpc) is 2.27. The van der Waals surface area contributed by atoms with Crippen molar-refractivity contribution in [2.75, 3.05) is 19.3 Å². The Morgan fingerprint density at radius 1 is 1.00 bits per heavy atom. The highest BCUT2D eigenvalue weighted by atomic mass is 28.3. The largest absolute Gasteiger partial charge is 0.306 e. The van der Waals surface area contributed by atoms with E-state index < -0.39 is 8.07 Å². The molecular formula is C13H23NSi. The first-order valence-electron chi connectivity index (χ1n) is 5.88. The molecule has 2 heteroatoms. The maximum absolute atomic E-state index is 2.54. The van der Waals surface area contributed by atoms with E-state index in [0.717, 1.165) is 0 Å². The predicted molar refractivity (Wildman–Crippen MR) is 71.3 cm³/mol. The van der Waals surface area contributed by atoms with Crippen molar-refractivity contribution in [3.8, 4) is 0 Å². The van der Waals surface area contributed by atoms with E-state index in [1.165, 1.54) is 19.3 Å². The third kappa shape index (κ3) is 3.47. The molecule has 0 spiro atoms. The van der Waals surface area contributed by atoms with Crippen molar-refractivity contribution in [2.45, 2.75) is 26.9 Å². The van der Waals surface area contributed by atoms with E-state index in [1.54, 1.807) is 5.19 Å². The Balaban J connectivity index is 2.74. The maximum Gasteiger partial charge on any atom is 0.0948 e. The van der Waals surface area contributed by atoms with Gasteiger partial charge >= 0.3 is 0 Å². The summed E-state index contributed by atoms with van der Waals surface area (Å²) < 4.78 is 0. The molecule has 0 atom stereocenters. The molecule has 0 heterocycles. The van der Waals surface area contributed by atoms with Gasteiger partial charge in [-0.05, 0) is 19.3 Å². The molecule has 1 aromatic rings. The molecule has 0 aliphatic rings. The zero-order valence-corrected chi connectivity index (χ0v) is 11.5. The van der Waals surface area contributed by atoms with Crippen LogP contribution in [0.3, 0.4) is 0 Å². The molecule has 0 N–H and O–H groups in total. The lowest BCUT2D eigenvalue weighted by Crippen LogP contribution is -2.51. The first kappa shape index (κ1) is 12.5. The van der Waals surface area contributed by atoms with Gasteiger partial charge in [-0.1, -0.05) is 62.5 Å². The van der Waals surface area contributed by atoms with E-state index in [-0.39, 0.29) is 0 Å². The number of nitrogens with zero attached hydrogens (tertiary/aromatic N) is 1. The van der Waals surface area contributed by atoms with Crippen molar-refractivity contribution in [3.05, 3.63) is 30.3 Å². The van der Waals surface area contributed by atoms with Crippen LogP contribution in [-0.2, 0) is 0 Å². The Labute approximate surface area is 95.1 Å². The van der Waals surface area contributed by atoms with Crippen molar-refractivity contribution in [1.82, 2.24) is 4.90 Å². The topological polar surface area (TPSA) is 3.24 Å². The standard InChI is InChI=1S/C13H23NSi/c1-5-14(6-2)12-15(3,4)13-10-8-7-9-11-13/h7-11H,5-6,12H2,1-4H3. The SMILES string of the molecule is CCN(CC)C[Si](C)(C)c1ccccc1. The molecule has 1 aromatic carbocycles. The molecule has 0 aliphatic carbocycles. The van der Waals surface area contributed by atoms with Gasteiger partial charge in [-0.15, -0.1) is 0 Å². The molecule has 84 valence electrons. The summed E-state index contributed by atoms with van der Waals surface area (Å²) >= 11 is 0. The minimum absolute atomic E-state index is 1.17. The highest BCUT2D eigenvalue weighted by Crippen LogP contribution is 2.06. The first-order valence-corrected chi connectivity index (χ1v) is 9.08. The summed E-state index contributed by atoms with van der Waals surface area (Å²) in [6, 6.07) is 11.0. The number of benzene rings is 1. The van der Waals surface area contributed by atoms with Gasteiger partial charge in [0.1, 0.15) is 0 Å². The highest BCUT2D eigenvalue weighted by Gasteiger charge is 2.24. The molecule has 1 rings (SSSR count). The van der Waals surface area contributed by atoms with Crippen molar-refractivity contribution in [2.24, 2.45) is 0 Å². The summed E-state index contributed by atoms with van der Waals surface area (Å²) in [5, 5.41) is 1.57. The van der Waals surface area contributed by atoms with Gasteiger partial charge in [0.25, 0.3) is 0 Å². The quantitative estimate of drug-likeness (QED) is 0.691. The van der Waals surface area contributed by atoms with E-state index in [2.05, 4.69) is 62.2 Å². The van der Waals surface area contributed by atoms with E-state index in [4.69, 9.17) is 0 Å². The monoisotopic (exact) mass is 221 g/mol. The second-order valence-electron chi connectivity index (χ2n) is 4.71. The normalized spacial score (nSPS) is 12.1. The highest BCUT2D eigenvalue weighted by molar-refractivity contribution is 6.89. The third-order valence-corrected chi connectivity index (χ3v) is 6.20. The van der Waals surface area contributed by atoms with Crippen LogP contribution in [0.4, 0.5) is 0 Å². The summed E-state index contributed by atoms with van der Waals surface area (Å²) in [6.45, 7) is 11.7. The molecule has 0 radical (unpaired) electrons. The Morgan fingerprint density at radius 2 is 1.53 bits per heavy atom. The molecule has 0 amide bonds. The number of hydrogen-bond donors (Lipinski definition) is 0. The fraction of sp³-hybridized carbons (Fsp3) is 0.538. The fourth-order valence-electron chi connectivity index (χ4n) is 1.99. The van der Waals surface area contributed by atoms with E-state index in [9.17, 15) is 0 Å². The summed E-state index contributed by atoms with van der Waals surface area (Å²) in [6.07, 6.45) is 1.27. The maximum atomic E-state index is 2.54. The van der Waals surface area contributed by atoms with Gasteiger partial charge in [0.05, 0.1) is 8.07 Å². The molecular weight excluding hydrogens is 198 g/mol. The number of rotatable bonds is 5. The molecule has 0 aliphatic heterocycles. The lowest BCUT2D eigenvalue weighted by molar-refractivity contribution is 0.349. The zero-order valence-electron chi connectivity index (χ0n) is 10.5. The zero-order chi connectivity index (χ0) is 11.3. The van der Waals surface area contributed by atoms with E-state index in [0.29, 0.717) is 0 Å². The van der Waals surface area contributed by atoms with Crippen LogP contribution in [-0.4, -0.2) is 32.2 Å². The Kier molecular flexibility index (Phi) is 4.55. The molecule has 0 bridgehead atoms. The third-order valence-electron chi connectivity index (χ3n) is 3.07. The van der Waals surface area contributed by atoms with Gasteiger partial charge < -0.3 is 4.90 Å². The lowest BCUT2D eigenvalue weighted by Gasteiger charge is -2.30. The van der Waals surface area contributed by atoms with Gasteiger partial charge in [0.2, 0.25) is 0 Å². The average molecular weight is 221 g/mol. The Bertz CT molecular complexity index is 278. The lowest BCUT2D eigenvalue weighted by atomic mass is 10.4. The van der Waals surface area contributed by atoms with Gasteiger partial charge in [-0.3, -0.25) is 0 Å². The van der Waals surface area contributed by atoms with E-state index in [1.807, 2.05) is 0 Å². The van der Waals surface area contributed by atoms with Gasteiger partial charge in [0, 0.05) is 0 Å². The second kappa shape index (κ2) is 5.47. The van der Waals surface area contributed by atoms with Crippen LogP contribution in [0.1, 0.15) is 13.8 Å². The van der Waals surface area contributed by atoms with Gasteiger partial charge in [-0.2, -0.15) is 0 Å².